The summed E-state index contributed by atoms with van der Waals surface area (Å²) < 4.78 is 0. The van der Waals surface area contributed by atoms with Crippen molar-refractivity contribution in [2.24, 2.45) is 0 Å². The van der Waals surface area contributed by atoms with Gasteiger partial charge in [-0.25, -0.2) is 0 Å². The lowest BCUT2D eigenvalue weighted by atomic mass is 10.1. The first-order valence-corrected chi connectivity index (χ1v) is 7.46. The van der Waals surface area contributed by atoms with Gasteiger partial charge in [-0.1, -0.05) is 24.9 Å². The number of aryl methyl sites for hydroxylation is 2. The van der Waals surface area contributed by atoms with E-state index >= 15 is 0 Å². The van der Waals surface area contributed by atoms with Crippen LogP contribution in [0.25, 0.3) is 0 Å². The standard InChI is InChI=1S/C15H16ClNOS/c1-3-4-11-9-14(19-10(11)2)15(18)17-13-7-5-12(16)6-8-13/h5-9H,3-4H2,1-2H3,(H,17,18). The molecule has 0 fully saturated rings. The number of hydrogen-bond donors (Lipinski definition) is 1. The van der Waals surface area contributed by atoms with E-state index in [0.29, 0.717) is 5.02 Å². The maximum Gasteiger partial charge on any atom is 0.265 e. The number of thiophene rings is 1. The zero-order valence-corrected chi connectivity index (χ0v) is 12.6. The Kier molecular flexibility index (Phi) is 4.61. The molecule has 4 heteroatoms. The molecule has 0 unspecified atom stereocenters. The van der Waals surface area contributed by atoms with Gasteiger partial charge in [-0.05, 0) is 49.2 Å². The summed E-state index contributed by atoms with van der Waals surface area (Å²) in [5.74, 6) is -0.0576. The summed E-state index contributed by atoms with van der Waals surface area (Å²) in [7, 11) is 0. The van der Waals surface area contributed by atoms with Crippen LogP contribution in [0.4, 0.5) is 5.69 Å². The first kappa shape index (κ1) is 14.1. The molecule has 1 N–H and O–H groups in total. The molecule has 2 rings (SSSR count). The number of carbonyl (C=O) groups is 1. The first-order valence-electron chi connectivity index (χ1n) is 6.26. The fourth-order valence-corrected chi connectivity index (χ4v) is 2.97. The van der Waals surface area contributed by atoms with Crippen molar-refractivity contribution < 1.29 is 4.79 Å². The zero-order chi connectivity index (χ0) is 13.8. The summed E-state index contributed by atoms with van der Waals surface area (Å²) in [4.78, 5) is 14.1. The van der Waals surface area contributed by atoms with Gasteiger partial charge in [0.1, 0.15) is 0 Å². The summed E-state index contributed by atoms with van der Waals surface area (Å²) >= 11 is 7.36. The van der Waals surface area contributed by atoms with Gasteiger partial charge in [0.2, 0.25) is 0 Å². The van der Waals surface area contributed by atoms with Crippen LogP contribution in [0.2, 0.25) is 5.02 Å². The summed E-state index contributed by atoms with van der Waals surface area (Å²) in [5.41, 5.74) is 2.03. The lowest BCUT2D eigenvalue weighted by molar-refractivity contribution is 0.103. The topological polar surface area (TPSA) is 29.1 Å². The average molecular weight is 294 g/mol. The van der Waals surface area contributed by atoms with Crippen LogP contribution in [0, 0.1) is 6.92 Å². The van der Waals surface area contributed by atoms with Gasteiger partial charge in [0.25, 0.3) is 5.91 Å². The average Bonchev–Trinajstić information content (AvgIpc) is 2.75. The molecule has 0 radical (unpaired) electrons. The van der Waals surface area contributed by atoms with Crippen LogP contribution in [0.3, 0.4) is 0 Å². The molecule has 1 amide bonds. The largest absolute Gasteiger partial charge is 0.321 e. The van der Waals surface area contributed by atoms with Crippen LogP contribution in [0.1, 0.15) is 33.5 Å². The summed E-state index contributed by atoms with van der Waals surface area (Å²) in [6.45, 7) is 4.21. The Hall–Kier alpha value is -1.32. The third-order valence-corrected chi connectivity index (χ3v) is 4.21. The van der Waals surface area contributed by atoms with Crippen molar-refractivity contribution in [3.63, 3.8) is 0 Å². The van der Waals surface area contributed by atoms with Gasteiger partial charge in [0.05, 0.1) is 4.88 Å². The molecule has 0 bridgehead atoms. The van der Waals surface area contributed by atoms with Crippen LogP contribution >= 0.6 is 22.9 Å². The molecule has 100 valence electrons. The van der Waals surface area contributed by atoms with Gasteiger partial charge in [0, 0.05) is 15.6 Å². The fourth-order valence-electron chi connectivity index (χ4n) is 1.88. The van der Waals surface area contributed by atoms with E-state index in [-0.39, 0.29) is 5.91 Å². The molecule has 0 saturated carbocycles. The minimum Gasteiger partial charge on any atom is -0.321 e. The number of carbonyl (C=O) groups excluding carboxylic acids is 1. The Labute approximate surface area is 122 Å². The lowest BCUT2D eigenvalue weighted by Crippen LogP contribution is -2.09. The number of anilines is 1. The highest BCUT2D eigenvalue weighted by Crippen LogP contribution is 2.24. The molecule has 0 atom stereocenters. The minimum absolute atomic E-state index is 0.0576. The molecule has 0 saturated heterocycles. The van der Waals surface area contributed by atoms with Crippen LogP contribution in [0.5, 0.6) is 0 Å². The molecule has 0 aliphatic rings. The highest BCUT2D eigenvalue weighted by atomic mass is 35.5. The van der Waals surface area contributed by atoms with Crippen molar-refractivity contribution in [1.29, 1.82) is 0 Å². The Morgan fingerprint density at radius 3 is 2.63 bits per heavy atom. The first-order chi connectivity index (χ1) is 9.10. The number of halogens is 1. The molecule has 0 spiro atoms. The van der Waals surface area contributed by atoms with Gasteiger partial charge >= 0.3 is 0 Å². The van der Waals surface area contributed by atoms with E-state index in [1.807, 2.05) is 6.07 Å². The second-order valence-electron chi connectivity index (χ2n) is 4.40. The lowest BCUT2D eigenvalue weighted by Gasteiger charge is -2.03. The predicted octanol–water partition coefficient (Wildman–Crippen LogP) is 4.91. The van der Waals surface area contributed by atoms with Gasteiger partial charge in [0.15, 0.2) is 0 Å². The van der Waals surface area contributed by atoms with E-state index in [1.54, 1.807) is 35.6 Å². The number of nitrogens with one attached hydrogen (secondary N) is 1. The van der Waals surface area contributed by atoms with E-state index < -0.39 is 0 Å². The monoisotopic (exact) mass is 293 g/mol. The quantitative estimate of drug-likeness (QED) is 0.852. The van der Waals surface area contributed by atoms with Crippen molar-refractivity contribution in [1.82, 2.24) is 0 Å². The second-order valence-corrected chi connectivity index (χ2v) is 6.10. The van der Waals surface area contributed by atoms with E-state index in [1.165, 1.54) is 10.4 Å². The van der Waals surface area contributed by atoms with Crippen LogP contribution in [-0.2, 0) is 6.42 Å². The Bertz CT molecular complexity index is 574. The van der Waals surface area contributed by atoms with Crippen LogP contribution in [-0.4, -0.2) is 5.91 Å². The van der Waals surface area contributed by atoms with E-state index in [9.17, 15) is 4.79 Å². The summed E-state index contributed by atoms with van der Waals surface area (Å²) in [6, 6.07) is 9.12. The molecule has 1 aromatic heterocycles. The van der Waals surface area contributed by atoms with Crippen LogP contribution < -0.4 is 5.32 Å². The maximum absolute atomic E-state index is 12.1. The highest BCUT2D eigenvalue weighted by Gasteiger charge is 2.12. The molecular formula is C15H16ClNOS. The maximum atomic E-state index is 12.1. The van der Waals surface area contributed by atoms with Gasteiger partial charge in [-0.2, -0.15) is 0 Å². The Morgan fingerprint density at radius 1 is 1.32 bits per heavy atom. The summed E-state index contributed by atoms with van der Waals surface area (Å²) in [6.07, 6.45) is 2.12. The smallest absolute Gasteiger partial charge is 0.265 e. The highest BCUT2D eigenvalue weighted by molar-refractivity contribution is 7.14. The number of amides is 1. The SMILES string of the molecule is CCCc1cc(C(=O)Nc2ccc(Cl)cc2)sc1C. The van der Waals surface area contributed by atoms with Crippen molar-refractivity contribution in [2.45, 2.75) is 26.7 Å². The second kappa shape index (κ2) is 6.22. The van der Waals surface area contributed by atoms with E-state index in [2.05, 4.69) is 19.2 Å². The van der Waals surface area contributed by atoms with Crippen molar-refractivity contribution in [3.05, 3.63) is 50.7 Å². The molecule has 1 heterocycles. The normalized spacial score (nSPS) is 10.5. The number of rotatable bonds is 4. The molecule has 1 aromatic carbocycles. The number of hydrogen-bond acceptors (Lipinski definition) is 2. The fraction of sp³-hybridized carbons (Fsp3) is 0.267. The third-order valence-electron chi connectivity index (χ3n) is 2.87. The van der Waals surface area contributed by atoms with Crippen molar-refractivity contribution in [2.75, 3.05) is 5.32 Å². The van der Waals surface area contributed by atoms with Gasteiger partial charge < -0.3 is 5.32 Å². The predicted molar refractivity (Wildman–Crippen MR) is 82.5 cm³/mol. The molecule has 0 aliphatic carbocycles. The van der Waals surface area contributed by atoms with Crippen molar-refractivity contribution in [3.8, 4) is 0 Å². The van der Waals surface area contributed by atoms with Gasteiger partial charge in [-0.3, -0.25) is 4.79 Å². The third kappa shape index (κ3) is 3.58. The molecule has 2 nitrogen and oxygen atoms in total. The van der Waals surface area contributed by atoms with E-state index in [0.717, 1.165) is 23.4 Å². The van der Waals surface area contributed by atoms with Crippen molar-refractivity contribution >= 4 is 34.5 Å². The van der Waals surface area contributed by atoms with E-state index in [4.69, 9.17) is 11.6 Å². The van der Waals surface area contributed by atoms with Crippen LogP contribution in [0.15, 0.2) is 30.3 Å². The molecular weight excluding hydrogens is 278 g/mol. The van der Waals surface area contributed by atoms with Gasteiger partial charge in [-0.15, -0.1) is 11.3 Å². The molecule has 19 heavy (non-hydrogen) atoms. The Balaban J connectivity index is 2.11. The minimum atomic E-state index is -0.0576. The molecule has 0 aliphatic heterocycles. The Morgan fingerprint density at radius 2 is 2.00 bits per heavy atom. The molecule has 2 aromatic rings. The number of benzene rings is 1. The zero-order valence-electron chi connectivity index (χ0n) is 11.0. The summed E-state index contributed by atoms with van der Waals surface area (Å²) in [5, 5.41) is 3.54.